The van der Waals surface area contributed by atoms with Crippen molar-refractivity contribution in [1.29, 1.82) is 0 Å². The summed E-state index contributed by atoms with van der Waals surface area (Å²) in [5.41, 5.74) is 3.66. The second-order valence-corrected chi connectivity index (χ2v) is 7.59. The Kier molecular flexibility index (Phi) is 7.27. The van der Waals surface area contributed by atoms with Crippen molar-refractivity contribution in [3.63, 3.8) is 0 Å². The molecule has 0 saturated carbocycles. The van der Waals surface area contributed by atoms with Crippen molar-refractivity contribution in [2.45, 2.75) is 19.3 Å². The van der Waals surface area contributed by atoms with Crippen LogP contribution in [0.1, 0.15) is 11.1 Å². The first-order valence-electron chi connectivity index (χ1n) is 8.89. The molecule has 0 saturated heterocycles. The van der Waals surface area contributed by atoms with Gasteiger partial charge in [0, 0.05) is 5.56 Å². The molecule has 3 rings (SSSR count). The normalized spacial score (nSPS) is 12.8. The van der Waals surface area contributed by atoms with Crippen LogP contribution in [-0.4, -0.2) is 49.2 Å². The number of ether oxygens (including phenoxy) is 1. The molecule has 0 aliphatic rings. The molecule has 0 radical (unpaired) electrons. The van der Waals surface area contributed by atoms with Gasteiger partial charge in [-0.05, 0) is 11.1 Å². The quantitative estimate of drug-likeness (QED) is 0.426. The summed E-state index contributed by atoms with van der Waals surface area (Å²) in [5.74, 6) is 0. The Labute approximate surface area is 167 Å². The molecule has 154 valence electrons. The Balaban J connectivity index is 1.53. The van der Waals surface area contributed by atoms with E-state index in [9.17, 15) is 4.57 Å². The summed E-state index contributed by atoms with van der Waals surface area (Å²) in [7, 11) is -4.67. The van der Waals surface area contributed by atoms with Crippen molar-refractivity contribution < 1.29 is 28.7 Å². The highest BCUT2D eigenvalue weighted by atomic mass is 31.2. The number of benzene rings is 2. The Morgan fingerprint density at radius 3 is 2.41 bits per heavy atom. The average molecular weight is 419 g/mol. The van der Waals surface area contributed by atoms with Crippen LogP contribution in [-0.2, 0) is 27.0 Å². The molecule has 9 nitrogen and oxygen atoms in total. The Bertz CT molecular complexity index is 942. The Morgan fingerprint density at radius 2 is 1.76 bits per heavy atom. The van der Waals surface area contributed by atoms with Crippen LogP contribution in [0.3, 0.4) is 0 Å². The van der Waals surface area contributed by atoms with Crippen LogP contribution >= 0.6 is 7.82 Å². The fraction of sp³-hybridized carbons (Fsp3) is 0.263. The van der Waals surface area contributed by atoms with Crippen LogP contribution in [0.25, 0.3) is 11.3 Å². The van der Waals surface area contributed by atoms with Crippen LogP contribution in [0.5, 0.6) is 0 Å². The van der Waals surface area contributed by atoms with Gasteiger partial charge in [0.05, 0.1) is 32.6 Å². The molecule has 0 amide bonds. The fourth-order valence-corrected chi connectivity index (χ4v) is 3.18. The number of aliphatic hydroxyl groups excluding tert-OH is 1. The zero-order chi connectivity index (χ0) is 20.7. The summed E-state index contributed by atoms with van der Waals surface area (Å²) in [6.07, 6.45) is 0.791. The molecular weight excluding hydrogens is 397 g/mol. The second-order valence-electron chi connectivity index (χ2n) is 6.40. The highest BCUT2D eigenvalue weighted by molar-refractivity contribution is 7.46. The van der Waals surface area contributed by atoms with E-state index in [0.29, 0.717) is 6.54 Å². The average Bonchev–Trinajstić information content (AvgIpc) is 3.16. The number of nitrogens with zero attached hydrogens (tertiary/aromatic N) is 3. The van der Waals surface area contributed by atoms with E-state index < -0.39 is 20.5 Å². The molecule has 10 heteroatoms. The molecule has 0 unspecified atom stereocenters. The predicted molar refractivity (Wildman–Crippen MR) is 105 cm³/mol. The first-order valence-corrected chi connectivity index (χ1v) is 10.4. The van der Waals surface area contributed by atoms with Crippen molar-refractivity contribution >= 4 is 7.82 Å². The van der Waals surface area contributed by atoms with Gasteiger partial charge in [0.25, 0.3) is 0 Å². The van der Waals surface area contributed by atoms with E-state index in [1.165, 1.54) is 0 Å². The zero-order valence-electron chi connectivity index (χ0n) is 15.5. The van der Waals surface area contributed by atoms with Gasteiger partial charge >= 0.3 is 7.82 Å². The molecule has 1 aromatic heterocycles. The third-order valence-corrected chi connectivity index (χ3v) is 4.61. The van der Waals surface area contributed by atoms with Gasteiger partial charge in [-0.25, -0.2) is 9.25 Å². The van der Waals surface area contributed by atoms with Crippen LogP contribution in [0, 0.1) is 0 Å². The number of phosphoric acid groups is 1. The topological polar surface area (TPSA) is 127 Å². The van der Waals surface area contributed by atoms with Gasteiger partial charge in [-0.1, -0.05) is 59.8 Å². The standard InChI is InChI=1S/C19H22N3O6P/c23-12-18(28-29(24,25)26)14-27-13-16-6-8-17(9-7-16)19-11-22(21-20-19)10-15-4-2-1-3-5-15/h1-9,11,18,23H,10,12-14H2,(H2,24,25,26)/t18-/m1/s1. The fourth-order valence-electron chi connectivity index (χ4n) is 2.67. The molecule has 0 aliphatic heterocycles. The maximum Gasteiger partial charge on any atom is 0.470 e. The Morgan fingerprint density at radius 1 is 1.03 bits per heavy atom. The number of aromatic nitrogens is 3. The summed E-state index contributed by atoms with van der Waals surface area (Å²) >= 11 is 0. The molecule has 3 N–H and O–H groups in total. The lowest BCUT2D eigenvalue weighted by Gasteiger charge is -2.15. The molecule has 0 bridgehead atoms. The summed E-state index contributed by atoms with van der Waals surface area (Å²) in [5, 5.41) is 17.4. The summed E-state index contributed by atoms with van der Waals surface area (Å²) in [6.45, 7) is 0.157. The van der Waals surface area contributed by atoms with E-state index in [2.05, 4.69) is 14.8 Å². The lowest BCUT2D eigenvalue weighted by Crippen LogP contribution is -2.22. The van der Waals surface area contributed by atoms with Crippen molar-refractivity contribution in [2.24, 2.45) is 0 Å². The summed E-state index contributed by atoms with van der Waals surface area (Å²) in [4.78, 5) is 17.5. The molecule has 2 aromatic carbocycles. The monoisotopic (exact) mass is 419 g/mol. The van der Waals surface area contributed by atoms with Gasteiger partial charge in [-0.3, -0.25) is 4.52 Å². The number of phosphoric ester groups is 1. The van der Waals surface area contributed by atoms with Gasteiger partial charge in [0.1, 0.15) is 11.8 Å². The van der Waals surface area contributed by atoms with Gasteiger partial charge in [-0.15, -0.1) is 5.10 Å². The van der Waals surface area contributed by atoms with Crippen molar-refractivity contribution in [3.8, 4) is 11.3 Å². The third-order valence-electron chi connectivity index (χ3n) is 4.04. The number of aliphatic hydroxyl groups is 1. The first-order chi connectivity index (χ1) is 13.9. The molecule has 0 aliphatic carbocycles. The van der Waals surface area contributed by atoms with E-state index in [1.54, 1.807) is 4.68 Å². The largest absolute Gasteiger partial charge is 0.470 e. The van der Waals surface area contributed by atoms with Gasteiger partial charge < -0.3 is 19.6 Å². The van der Waals surface area contributed by atoms with E-state index in [4.69, 9.17) is 19.6 Å². The zero-order valence-corrected chi connectivity index (χ0v) is 16.4. The van der Waals surface area contributed by atoms with Crippen LogP contribution < -0.4 is 0 Å². The maximum atomic E-state index is 10.8. The Hall–Kier alpha value is -2.39. The summed E-state index contributed by atoms with van der Waals surface area (Å²) in [6, 6.07) is 17.5. The molecule has 1 atom stereocenters. The second kappa shape index (κ2) is 9.89. The van der Waals surface area contributed by atoms with E-state index in [0.717, 1.165) is 22.4 Å². The smallest absolute Gasteiger partial charge is 0.394 e. The minimum Gasteiger partial charge on any atom is -0.394 e. The van der Waals surface area contributed by atoms with E-state index in [1.807, 2.05) is 60.8 Å². The van der Waals surface area contributed by atoms with Crippen LogP contribution in [0.2, 0.25) is 0 Å². The minimum absolute atomic E-state index is 0.142. The van der Waals surface area contributed by atoms with Crippen LogP contribution in [0.4, 0.5) is 0 Å². The molecule has 1 heterocycles. The maximum absolute atomic E-state index is 10.8. The first kappa shape index (κ1) is 21.3. The minimum atomic E-state index is -4.67. The van der Waals surface area contributed by atoms with Gasteiger partial charge in [0.2, 0.25) is 0 Å². The van der Waals surface area contributed by atoms with Crippen molar-refractivity contribution in [2.75, 3.05) is 13.2 Å². The lowest BCUT2D eigenvalue weighted by molar-refractivity contribution is -0.000657. The van der Waals surface area contributed by atoms with Crippen LogP contribution in [0.15, 0.2) is 60.8 Å². The molecular formula is C19H22N3O6P. The molecule has 29 heavy (non-hydrogen) atoms. The lowest BCUT2D eigenvalue weighted by atomic mass is 10.1. The molecule has 3 aromatic rings. The number of rotatable bonds is 10. The summed E-state index contributed by atoms with van der Waals surface area (Å²) < 4.78 is 22.4. The molecule has 0 fully saturated rings. The SMILES string of the molecule is O=P(O)(O)O[C@H](CO)COCc1ccc(-c2cn(Cc3ccccc3)nn2)cc1. The van der Waals surface area contributed by atoms with Crippen molar-refractivity contribution in [1.82, 2.24) is 15.0 Å². The highest BCUT2D eigenvalue weighted by Gasteiger charge is 2.21. The van der Waals surface area contributed by atoms with Crippen molar-refractivity contribution in [3.05, 3.63) is 71.9 Å². The third kappa shape index (κ3) is 6.86. The predicted octanol–water partition coefficient (Wildman–Crippen LogP) is 1.98. The van der Waals surface area contributed by atoms with Gasteiger partial charge in [-0.2, -0.15) is 0 Å². The molecule has 0 spiro atoms. The highest BCUT2D eigenvalue weighted by Crippen LogP contribution is 2.37. The van der Waals surface area contributed by atoms with Gasteiger partial charge in [0.15, 0.2) is 0 Å². The van der Waals surface area contributed by atoms with E-state index >= 15 is 0 Å². The van der Waals surface area contributed by atoms with E-state index in [-0.39, 0.29) is 13.2 Å². The number of hydrogen-bond donors (Lipinski definition) is 3. The number of hydrogen-bond acceptors (Lipinski definition) is 6.